The van der Waals surface area contributed by atoms with Gasteiger partial charge in [0.15, 0.2) is 0 Å². The van der Waals surface area contributed by atoms with E-state index in [-0.39, 0.29) is 23.3 Å². The molecule has 172 valence electrons. The second-order valence-electron chi connectivity index (χ2n) is 7.84. The quantitative estimate of drug-likeness (QED) is 0.359. The van der Waals surface area contributed by atoms with Crippen molar-refractivity contribution in [2.24, 2.45) is 0 Å². The highest BCUT2D eigenvalue weighted by Gasteiger charge is 2.14. The second kappa shape index (κ2) is 8.43. The maximum absolute atomic E-state index is 12.8. The average molecular weight is 458 g/mol. The van der Waals surface area contributed by atoms with Crippen LogP contribution in [0.3, 0.4) is 0 Å². The molecule has 0 bridgehead atoms. The summed E-state index contributed by atoms with van der Waals surface area (Å²) in [6, 6.07) is 13.8. The summed E-state index contributed by atoms with van der Waals surface area (Å²) < 4.78 is 12.0. The Morgan fingerprint density at radius 2 is 1.74 bits per heavy atom. The molecule has 5 aromatic rings. The Morgan fingerprint density at radius 1 is 0.971 bits per heavy atom. The fourth-order valence-electron chi connectivity index (χ4n) is 4.09. The van der Waals surface area contributed by atoms with Crippen molar-refractivity contribution in [1.82, 2.24) is 19.5 Å². The summed E-state index contributed by atoms with van der Waals surface area (Å²) in [6.45, 7) is 0.289. The van der Waals surface area contributed by atoms with Crippen LogP contribution in [-0.2, 0) is 13.0 Å². The molecule has 0 saturated heterocycles. The predicted octanol–water partition coefficient (Wildman–Crippen LogP) is 3.20. The molecular weight excluding hydrogens is 436 g/mol. The number of fused-ring (bicyclic) bond motifs is 2. The molecule has 9 nitrogen and oxygen atoms in total. The van der Waals surface area contributed by atoms with E-state index >= 15 is 0 Å². The van der Waals surface area contributed by atoms with Crippen molar-refractivity contribution in [1.29, 1.82) is 0 Å². The van der Waals surface area contributed by atoms with Gasteiger partial charge in [0.05, 0.1) is 25.3 Å². The number of methoxy groups -OCH3 is 2. The molecule has 3 heterocycles. The molecule has 0 aliphatic rings. The Morgan fingerprint density at radius 3 is 2.53 bits per heavy atom. The minimum Gasteiger partial charge on any atom is -0.507 e. The number of nitrogens with one attached hydrogen (secondary N) is 2. The fraction of sp³-hybridized carbons (Fsp3) is 0.160. The highest BCUT2D eigenvalue weighted by Crippen LogP contribution is 2.32. The van der Waals surface area contributed by atoms with Gasteiger partial charge in [-0.1, -0.05) is 0 Å². The van der Waals surface area contributed by atoms with Crippen LogP contribution < -0.4 is 20.7 Å². The number of phenols is 1. The van der Waals surface area contributed by atoms with Crippen molar-refractivity contribution in [3.8, 4) is 28.5 Å². The number of nitrogens with zero attached hydrogens (tertiary/aromatic N) is 2. The van der Waals surface area contributed by atoms with E-state index in [2.05, 4.69) is 15.0 Å². The number of aromatic amines is 2. The first-order chi connectivity index (χ1) is 16.5. The number of aryl methyl sites for hydroxylation is 2. The average Bonchev–Trinajstić information content (AvgIpc) is 3.26. The summed E-state index contributed by atoms with van der Waals surface area (Å²) >= 11 is 0. The summed E-state index contributed by atoms with van der Waals surface area (Å²) in [4.78, 5) is 35.4. The van der Waals surface area contributed by atoms with Gasteiger partial charge in [-0.3, -0.25) is 14.3 Å². The molecular formula is C25H22N4O5. The van der Waals surface area contributed by atoms with Crippen molar-refractivity contribution in [3.63, 3.8) is 0 Å². The van der Waals surface area contributed by atoms with Crippen LogP contribution >= 0.6 is 0 Å². The second-order valence-corrected chi connectivity index (χ2v) is 7.84. The minimum absolute atomic E-state index is 0.0131. The number of hydrogen-bond acceptors (Lipinski definition) is 6. The number of phenolic OH excluding ortho intramolecular Hbond substituents is 1. The summed E-state index contributed by atoms with van der Waals surface area (Å²) in [5, 5.41) is 11.6. The zero-order valence-electron chi connectivity index (χ0n) is 18.6. The number of hydrogen-bond donors (Lipinski definition) is 3. The summed E-state index contributed by atoms with van der Waals surface area (Å²) in [6.07, 6.45) is 2.42. The standard InChI is InChI=1S/C25H22N4O5/c1-33-15-3-6-20-18(11-15)14(13-26-20)9-10-29-23-17(24(31)28-25(29)32)5-7-21(27-23)19-12-16(34-2)4-8-22(19)30/h3-8,11-13,26,30H,9-10H2,1-2H3,(H,28,31,32). The largest absolute Gasteiger partial charge is 0.507 e. The number of aromatic hydroxyl groups is 1. The molecule has 3 aromatic heterocycles. The first kappa shape index (κ1) is 21.3. The van der Waals surface area contributed by atoms with Gasteiger partial charge in [0.1, 0.15) is 22.9 Å². The van der Waals surface area contributed by atoms with Crippen LogP contribution in [0.4, 0.5) is 0 Å². The third-order valence-electron chi connectivity index (χ3n) is 5.90. The zero-order valence-corrected chi connectivity index (χ0v) is 18.6. The SMILES string of the molecule is COc1ccc(O)c(-c2ccc3c(=O)[nH]c(=O)n(CCc4c[nH]c5ccc(OC)cc45)c3n2)c1. The third-order valence-corrected chi connectivity index (χ3v) is 5.90. The van der Waals surface area contributed by atoms with Gasteiger partial charge in [-0.15, -0.1) is 0 Å². The Hall–Kier alpha value is -4.53. The molecule has 0 radical (unpaired) electrons. The molecule has 0 unspecified atom stereocenters. The van der Waals surface area contributed by atoms with Gasteiger partial charge < -0.3 is 19.6 Å². The summed E-state index contributed by atoms with van der Waals surface area (Å²) in [7, 11) is 3.14. The zero-order chi connectivity index (χ0) is 23.8. The topological polar surface area (TPSA) is 122 Å². The van der Waals surface area contributed by atoms with Gasteiger partial charge >= 0.3 is 5.69 Å². The Kier molecular flexibility index (Phi) is 5.29. The maximum Gasteiger partial charge on any atom is 0.330 e. The van der Waals surface area contributed by atoms with Crippen molar-refractivity contribution in [2.75, 3.05) is 14.2 Å². The molecule has 34 heavy (non-hydrogen) atoms. The molecule has 9 heteroatoms. The lowest BCUT2D eigenvalue weighted by molar-refractivity contribution is 0.412. The number of ether oxygens (including phenoxy) is 2. The molecule has 0 fully saturated rings. The van der Waals surface area contributed by atoms with Gasteiger partial charge in [0.2, 0.25) is 0 Å². The molecule has 0 aliphatic carbocycles. The van der Waals surface area contributed by atoms with Crippen LogP contribution in [0.15, 0.2) is 64.3 Å². The first-order valence-corrected chi connectivity index (χ1v) is 10.6. The van der Waals surface area contributed by atoms with Crippen LogP contribution in [0.5, 0.6) is 17.2 Å². The highest BCUT2D eigenvalue weighted by molar-refractivity contribution is 5.84. The number of rotatable bonds is 6. The number of pyridine rings is 1. The van der Waals surface area contributed by atoms with Gasteiger partial charge in [-0.25, -0.2) is 9.78 Å². The van der Waals surface area contributed by atoms with E-state index in [0.29, 0.717) is 23.4 Å². The Bertz CT molecular complexity index is 1650. The molecule has 0 aliphatic heterocycles. The number of H-pyrrole nitrogens is 2. The van der Waals surface area contributed by atoms with Gasteiger partial charge in [0.25, 0.3) is 5.56 Å². The van der Waals surface area contributed by atoms with Crippen molar-refractivity contribution in [2.45, 2.75) is 13.0 Å². The van der Waals surface area contributed by atoms with Crippen LogP contribution in [0.2, 0.25) is 0 Å². The molecule has 0 spiro atoms. The van der Waals surface area contributed by atoms with Crippen LogP contribution in [-0.4, -0.2) is 38.8 Å². The number of aromatic nitrogens is 4. The van der Waals surface area contributed by atoms with E-state index < -0.39 is 11.2 Å². The monoisotopic (exact) mass is 458 g/mol. The van der Waals surface area contributed by atoms with Gasteiger partial charge in [0, 0.05) is 29.2 Å². The van der Waals surface area contributed by atoms with E-state index in [1.807, 2.05) is 24.4 Å². The smallest absolute Gasteiger partial charge is 0.330 e. The van der Waals surface area contributed by atoms with Crippen molar-refractivity contribution in [3.05, 3.63) is 81.1 Å². The minimum atomic E-state index is -0.547. The van der Waals surface area contributed by atoms with Crippen LogP contribution in [0.25, 0.3) is 33.2 Å². The van der Waals surface area contributed by atoms with Crippen molar-refractivity contribution >= 4 is 21.9 Å². The predicted molar refractivity (Wildman–Crippen MR) is 129 cm³/mol. The van der Waals surface area contributed by atoms with Crippen LogP contribution in [0.1, 0.15) is 5.56 Å². The van der Waals surface area contributed by atoms with Gasteiger partial charge in [-0.05, 0) is 60.5 Å². The highest BCUT2D eigenvalue weighted by atomic mass is 16.5. The molecule has 0 amide bonds. The van der Waals surface area contributed by atoms with Gasteiger partial charge in [-0.2, -0.15) is 0 Å². The number of benzene rings is 2. The Balaban J connectivity index is 1.59. The lowest BCUT2D eigenvalue weighted by Gasteiger charge is -2.11. The lowest BCUT2D eigenvalue weighted by Crippen LogP contribution is -2.31. The van der Waals surface area contributed by atoms with E-state index in [1.54, 1.807) is 31.4 Å². The fourth-order valence-corrected chi connectivity index (χ4v) is 4.09. The molecule has 5 rings (SSSR count). The van der Waals surface area contributed by atoms with Crippen molar-refractivity contribution < 1.29 is 14.6 Å². The van der Waals surface area contributed by atoms with E-state index in [1.165, 1.54) is 17.7 Å². The maximum atomic E-state index is 12.8. The van der Waals surface area contributed by atoms with Crippen LogP contribution in [0, 0.1) is 0 Å². The third kappa shape index (κ3) is 3.66. The molecule has 0 atom stereocenters. The lowest BCUT2D eigenvalue weighted by atomic mass is 10.1. The summed E-state index contributed by atoms with van der Waals surface area (Å²) in [5.41, 5.74) is 2.00. The van der Waals surface area contributed by atoms with E-state index in [0.717, 1.165) is 22.2 Å². The first-order valence-electron chi connectivity index (χ1n) is 10.6. The van der Waals surface area contributed by atoms with E-state index in [4.69, 9.17) is 9.47 Å². The molecule has 3 N–H and O–H groups in total. The molecule has 0 saturated carbocycles. The Labute approximate surface area is 193 Å². The normalized spacial score (nSPS) is 11.2. The van der Waals surface area contributed by atoms with E-state index in [9.17, 15) is 14.7 Å². The molecule has 2 aromatic carbocycles. The summed E-state index contributed by atoms with van der Waals surface area (Å²) in [5.74, 6) is 1.30.